The molecule has 2 nitrogen and oxygen atoms in total. The first-order valence-electron chi connectivity index (χ1n) is 21.7. The van der Waals surface area contributed by atoms with Crippen LogP contribution in [0.1, 0.15) is 31.6 Å². The number of fused-ring (bicyclic) bond motifs is 9. The lowest BCUT2D eigenvalue weighted by Crippen LogP contribution is -1.94. The first kappa shape index (κ1) is 10.6. The number of thiophene rings is 1. The van der Waals surface area contributed by atoms with Crippen LogP contribution in [0, 0.1) is 6.92 Å². The van der Waals surface area contributed by atoms with Crippen LogP contribution in [0.15, 0.2) is 127 Å². The molecule has 3 heterocycles. The monoisotopic (exact) mass is 547 g/mol. The van der Waals surface area contributed by atoms with E-state index in [9.17, 15) is 5.48 Å². The summed E-state index contributed by atoms with van der Waals surface area (Å²) in [4.78, 5) is 0. The second-order valence-corrected chi connectivity index (χ2v) is 10.2. The molecule has 0 bridgehead atoms. The first-order valence-corrected chi connectivity index (χ1v) is 13.0. The molecule has 0 fully saturated rings. The molecule has 0 aliphatic carbocycles. The van der Waals surface area contributed by atoms with Crippen LogP contribution in [-0.2, 0) is 0 Å². The molecule has 9 aromatic rings. The van der Waals surface area contributed by atoms with Gasteiger partial charge in [-0.15, -0.1) is 11.3 Å². The number of benzene rings is 6. The molecule has 9 rings (SSSR count). The maximum atomic E-state index is 9.23. The Hall–Kier alpha value is -4.86. The summed E-state index contributed by atoms with van der Waals surface area (Å²) >= 11 is 0.914. The molecule has 6 aromatic carbocycles. The Kier molecular flexibility index (Phi) is 2.14. The van der Waals surface area contributed by atoms with Crippen molar-refractivity contribution in [3.63, 3.8) is 0 Å². The minimum atomic E-state index is -0.673. The van der Waals surface area contributed by atoms with E-state index in [1.54, 1.807) is 0 Å². The zero-order chi connectivity index (χ0) is 42.9. The third-order valence-corrected chi connectivity index (χ3v) is 8.00. The Bertz CT molecular complexity index is 3130. The van der Waals surface area contributed by atoms with Crippen LogP contribution >= 0.6 is 11.3 Å². The highest BCUT2D eigenvalue weighted by Gasteiger charge is 2.16. The van der Waals surface area contributed by atoms with Gasteiger partial charge in [0.05, 0.1) is 48.1 Å². The van der Waals surface area contributed by atoms with E-state index < -0.39 is 103 Å². The van der Waals surface area contributed by atoms with Crippen LogP contribution in [0.2, 0.25) is 0 Å². The van der Waals surface area contributed by atoms with Gasteiger partial charge in [0, 0.05) is 53.1 Å². The number of para-hydroxylation sites is 3. The molecule has 0 N–H and O–H groups in total. The van der Waals surface area contributed by atoms with Crippen LogP contribution in [0.25, 0.3) is 75.2 Å². The second-order valence-electron chi connectivity index (χ2n) is 9.21. The minimum absolute atomic E-state index is 0.0539. The van der Waals surface area contributed by atoms with Crippen molar-refractivity contribution >= 4 is 75.1 Å². The predicted octanol–water partition coefficient (Wildman–Crippen LogP) is 10.6. The fourth-order valence-electron chi connectivity index (χ4n) is 5.27. The van der Waals surface area contributed by atoms with E-state index in [-0.39, 0.29) is 92.8 Å². The van der Waals surface area contributed by atoms with E-state index in [4.69, 9.17) is 20.6 Å². The summed E-state index contributed by atoms with van der Waals surface area (Å²) in [7, 11) is 0. The predicted molar refractivity (Wildman–Crippen MR) is 173 cm³/mol. The van der Waals surface area contributed by atoms with Gasteiger partial charge in [0.2, 0.25) is 0 Å². The van der Waals surface area contributed by atoms with Gasteiger partial charge in [-0.05, 0) is 73.4 Å². The number of hydrogen-bond acceptors (Lipinski definition) is 1. The van der Waals surface area contributed by atoms with Crippen molar-refractivity contribution in [2.75, 3.05) is 0 Å². The molecule has 3 heteroatoms. The van der Waals surface area contributed by atoms with Crippen molar-refractivity contribution in [3.8, 4) is 11.4 Å². The maximum absolute atomic E-state index is 9.23. The lowest BCUT2D eigenvalue weighted by molar-refractivity contribution is 1.18. The molecule has 0 unspecified atom stereocenters. The summed E-state index contributed by atoms with van der Waals surface area (Å²) in [6.45, 7) is 1.45. The molecule has 0 saturated heterocycles. The van der Waals surface area contributed by atoms with Crippen LogP contribution in [0.3, 0.4) is 0 Å². The fraction of sp³-hybridized carbons (Fsp3) is 0.0270. The molecular weight excluding hydrogens is 504 g/mol. The standard InChI is InChI=1S/C37H24N2S/c1-23-14-17-35-29(20-23)28-10-4-7-13-34(28)39(35)25-16-19-37-31(22-25)30-21-24(15-18-36(30)40-37)38-32-11-5-2-8-26(32)27-9-3-6-12-33(27)38/h2-22H,1H3/i2D,3D,4D,5D,6D,7D,8D,9D,10D,11D,12D,13D,14D,15D,16D,17D,18D,19D,20D. The van der Waals surface area contributed by atoms with Gasteiger partial charge in [0.15, 0.2) is 0 Å². The van der Waals surface area contributed by atoms with Crippen molar-refractivity contribution < 1.29 is 26.0 Å². The average molecular weight is 548 g/mol. The normalized spacial score (nSPS) is 18.8. The van der Waals surface area contributed by atoms with Gasteiger partial charge >= 0.3 is 0 Å². The Morgan fingerprint density at radius 3 is 1.45 bits per heavy atom. The molecule has 0 spiro atoms. The molecule has 188 valence electrons. The third kappa shape index (κ3) is 2.98. The van der Waals surface area contributed by atoms with Gasteiger partial charge in [0.25, 0.3) is 0 Å². The minimum Gasteiger partial charge on any atom is -0.309 e. The molecular formula is C37H24N2S. The van der Waals surface area contributed by atoms with Gasteiger partial charge in [-0.1, -0.05) is 66.0 Å². The van der Waals surface area contributed by atoms with Gasteiger partial charge < -0.3 is 9.13 Å². The Labute approximate surface area is 261 Å². The van der Waals surface area contributed by atoms with Gasteiger partial charge in [-0.25, -0.2) is 0 Å². The number of hydrogen-bond donors (Lipinski definition) is 0. The summed E-state index contributed by atoms with van der Waals surface area (Å²) in [6, 6.07) is -7.33. The van der Waals surface area contributed by atoms with Crippen molar-refractivity contribution in [3.05, 3.63) is 133 Å². The molecule has 40 heavy (non-hydrogen) atoms. The average Bonchev–Trinajstić information content (AvgIpc) is 3.89. The summed E-state index contributed by atoms with van der Waals surface area (Å²) < 4.78 is 170. The number of nitrogens with zero attached hydrogens (tertiary/aromatic N) is 2. The SMILES string of the molecule is [2H]c1c(-n2c3c([2H])c([2H])c([2H])c([2H])c3c3c([2H])c([2H])c([2H])c([2H])c32)cc2c(sc3c([2H])c([2H])c(-n4c5c([2H])c([2H])c([2H])c([2H])c5c5c([2H])c(C)c([2H])c([2H])c54)cc32)c1[2H]. The molecule has 0 aliphatic rings. The van der Waals surface area contributed by atoms with Gasteiger partial charge in [-0.3, -0.25) is 0 Å². The van der Waals surface area contributed by atoms with Crippen LogP contribution in [0.4, 0.5) is 0 Å². The van der Waals surface area contributed by atoms with Crippen molar-refractivity contribution in [1.29, 1.82) is 0 Å². The molecule has 3 aromatic heterocycles. The highest BCUT2D eigenvalue weighted by molar-refractivity contribution is 7.25. The first-order chi connectivity index (χ1) is 27.7. The van der Waals surface area contributed by atoms with Crippen LogP contribution < -0.4 is 0 Å². The van der Waals surface area contributed by atoms with Crippen molar-refractivity contribution in [2.24, 2.45) is 0 Å². The molecule has 0 amide bonds. The van der Waals surface area contributed by atoms with Crippen LogP contribution in [0.5, 0.6) is 0 Å². The number of aromatic nitrogens is 2. The maximum Gasteiger partial charge on any atom is 0.0645 e. The van der Waals surface area contributed by atoms with E-state index in [0.29, 0.717) is 0 Å². The van der Waals surface area contributed by atoms with E-state index in [2.05, 4.69) is 0 Å². The third-order valence-electron chi connectivity index (χ3n) is 6.95. The highest BCUT2D eigenvalue weighted by atomic mass is 32.1. The quantitative estimate of drug-likeness (QED) is 0.204. The zero-order valence-corrected chi connectivity index (χ0v) is 21.3. The molecule has 0 radical (unpaired) electrons. The van der Waals surface area contributed by atoms with Crippen LogP contribution in [-0.4, -0.2) is 9.13 Å². The zero-order valence-electron chi connectivity index (χ0n) is 39.5. The Morgan fingerprint density at radius 1 is 0.475 bits per heavy atom. The van der Waals surface area contributed by atoms with E-state index in [1.807, 2.05) is 0 Å². The topological polar surface area (TPSA) is 9.86 Å². The second kappa shape index (κ2) is 8.08. The lowest BCUT2D eigenvalue weighted by atomic mass is 10.1. The molecule has 0 aliphatic heterocycles. The van der Waals surface area contributed by atoms with Gasteiger partial charge in [0.1, 0.15) is 0 Å². The molecule has 0 atom stereocenters. The molecule has 0 saturated carbocycles. The van der Waals surface area contributed by atoms with E-state index in [0.717, 1.165) is 15.9 Å². The van der Waals surface area contributed by atoms with Gasteiger partial charge in [-0.2, -0.15) is 0 Å². The Balaban J connectivity index is 1.49. The van der Waals surface area contributed by atoms with Crippen molar-refractivity contribution in [1.82, 2.24) is 9.13 Å². The highest BCUT2D eigenvalue weighted by Crippen LogP contribution is 2.40. The Morgan fingerprint density at radius 2 is 0.925 bits per heavy atom. The van der Waals surface area contributed by atoms with E-state index >= 15 is 0 Å². The summed E-state index contributed by atoms with van der Waals surface area (Å²) in [5, 5.41) is -0.237. The van der Waals surface area contributed by atoms with Crippen molar-refractivity contribution in [2.45, 2.75) is 6.92 Å². The summed E-state index contributed by atoms with van der Waals surface area (Å²) in [5.74, 6) is 0. The lowest BCUT2D eigenvalue weighted by Gasteiger charge is -2.09. The summed E-state index contributed by atoms with van der Waals surface area (Å²) in [6.07, 6.45) is 0. The van der Waals surface area contributed by atoms with E-state index in [1.165, 1.54) is 23.6 Å². The largest absolute Gasteiger partial charge is 0.309 e. The fourth-order valence-corrected chi connectivity index (χ4v) is 6.23. The number of rotatable bonds is 2. The summed E-state index contributed by atoms with van der Waals surface area (Å²) in [5.41, 5.74) is -1.18. The smallest absolute Gasteiger partial charge is 0.0645 e.